The van der Waals surface area contributed by atoms with Gasteiger partial charge in [0, 0.05) is 5.41 Å². The van der Waals surface area contributed by atoms with Crippen molar-refractivity contribution in [2.75, 3.05) is 13.2 Å². The van der Waals surface area contributed by atoms with Crippen LogP contribution in [0.2, 0.25) is 0 Å². The van der Waals surface area contributed by atoms with E-state index in [1.165, 1.54) is 24.0 Å². The third-order valence-electron chi connectivity index (χ3n) is 3.39. The topological polar surface area (TPSA) is 18.5 Å². The molecule has 1 heterocycles. The second-order valence-electron chi connectivity index (χ2n) is 5.57. The van der Waals surface area contributed by atoms with Crippen LogP contribution in [-0.2, 0) is 9.47 Å². The van der Waals surface area contributed by atoms with E-state index in [1.807, 2.05) is 0 Å². The van der Waals surface area contributed by atoms with Gasteiger partial charge in [-0.15, -0.1) is 0 Å². The van der Waals surface area contributed by atoms with Crippen molar-refractivity contribution in [2.45, 2.75) is 52.7 Å². The first-order valence-corrected chi connectivity index (χ1v) is 6.00. The monoisotopic (exact) mass is 210 g/mol. The van der Waals surface area contributed by atoms with Gasteiger partial charge in [-0.2, -0.15) is 0 Å². The molecule has 2 nitrogen and oxygen atoms in total. The van der Waals surface area contributed by atoms with Crippen LogP contribution in [0, 0.1) is 5.41 Å². The highest BCUT2D eigenvalue weighted by atomic mass is 16.7. The van der Waals surface area contributed by atoms with E-state index in [0.717, 1.165) is 19.6 Å². The van der Waals surface area contributed by atoms with E-state index >= 15 is 0 Å². The molecule has 0 amide bonds. The molecule has 0 aromatic rings. The van der Waals surface area contributed by atoms with Crippen LogP contribution in [0.3, 0.4) is 0 Å². The number of hydrogen-bond donors (Lipinski definition) is 0. The van der Waals surface area contributed by atoms with Crippen LogP contribution in [0.25, 0.3) is 0 Å². The van der Waals surface area contributed by atoms with Crippen LogP contribution in [0.5, 0.6) is 0 Å². The average molecular weight is 210 g/mol. The molecule has 1 spiro atoms. The number of hydrogen-bond acceptors (Lipinski definition) is 2. The zero-order valence-corrected chi connectivity index (χ0v) is 10.4. The zero-order chi connectivity index (χ0) is 11.1. The normalized spacial score (nSPS) is 27.2. The Kier molecular flexibility index (Phi) is 2.68. The molecule has 1 saturated heterocycles. The zero-order valence-electron chi connectivity index (χ0n) is 10.4. The maximum atomic E-state index is 5.92. The molecule has 2 heteroatoms. The molecule has 1 aliphatic heterocycles. The molecule has 1 fully saturated rings. The molecule has 2 aliphatic rings. The van der Waals surface area contributed by atoms with Gasteiger partial charge in [0.15, 0.2) is 0 Å². The van der Waals surface area contributed by atoms with E-state index < -0.39 is 0 Å². The lowest BCUT2D eigenvalue weighted by molar-refractivity contribution is -0.234. The molecule has 15 heavy (non-hydrogen) atoms. The maximum Gasteiger partial charge on any atom is 0.214 e. The van der Waals surface area contributed by atoms with Crippen LogP contribution < -0.4 is 0 Å². The van der Waals surface area contributed by atoms with E-state index in [4.69, 9.17) is 9.47 Å². The summed E-state index contributed by atoms with van der Waals surface area (Å²) in [7, 11) is 0. The van der Waals surface area contributed by atoms with Gasteiger partial charge in [0.2, 0.25) is 5.79 Å². The molecular formula is C13H22O2. The lowest BCUT2D eigenvalue weighted by Gasteiger charge is -2.36. The molecule has 0 radical (unpaired) electrons. The van der Waals surface area contributed by atoms with E-state index in [2.05, 4.69) is 27.7 Å². The number of rotatable bonds is 3. The molecule has 0 bridgehead atoms. The summed E-state index contributed by atoms with van der Waals surface area (Å²) in [5, 5.41) is 0. The number of unbranched alkanes of at least 4 members (excludes halogenated alkanes) is 1. The van der Waals surface area contributed by atoms with Crippen molar-refractivity contribution in [3.05, 3.63) is 11.1 Å². The molecule has 0 aromatic carbocycles. The highest BCUT2D eigenvalue weighted by Crippen LogP contribution is 2.53. The van der Waals surface area contributed by atoms with Crippen molar-refractivity contribution in [3.63, 3.8) is 0 Å². The van der Waals surface area contributed by atoms with E-state index in [-0.39, 0.29) is 11.2 Å². The molecule has 0 N–H and O–H groups in total. The van der Waals surface area contributed by atoms with E-state index in [0.29, 0.717) is 0 Å². The van der Waals surface area contributed by atoms with Gasteiger partial charge in [0.1, 0.15) is 0 Å². The fourth-order valence-corrected chi connectivity index (χ4v) is 2.19. The van der Waals surface area contributed by atoms with Gasteiger partial charge in [-0.1, -0.05) is 27.2 Å². The van der Waals surface area contributed by atoms with Crippen LogP contribution in [0.15, 0.2) is 11.1 Å². The number of ether oxygens (including phenoxy) is 2. The maximum absolute atomic E-state index is 5.92. The summed E-state index contributed by atoms with van der Waals surface area (Å²) in [6.45, 7) is 10.3. The Balaban J connectivity index is 1.92. The summed E-state index contributed by atoms with van der Waals surface area (Å²) >= 11 is 0. The molecule has 0 unspecified atom stereocenters. The quantitative estimate of drug-likeness (QED) is 0.666. The fourth-order valence-electron chi connectivity index (χ4n) is 2.19. The van der Waals surface area contributed by atoms with Crippen molar-refractivity contribution in [3.8, 4) is 0 Å². The summed E-state index contributed by atoms with van der Waals surface area (Å²) < 4.78 is 11.8. The minimum Gasteiger partial charge on any atom is -0.342 e. The SMILES string of the molecule is CCCCC1=C(C)C12OCC(C)(C)CO2. The summed E-state index contributed by atoms with van der Waals surface area (Å²) in [4.78, 5) is 0. The Labute approximate surface area is 92.6 Å². The lowest BCUT2D eigenvalue weighted by atomic mass is 9.95. The van der Waals surface area contributed by atoms with E-state index in [1.54, 1.807) is 0 Å². The van der Waals surface area contributed by atoms with Crippen molar-refractivity contribution in [1.29, 1.82) is 0 Å². The smallest absolute Gasteiger partial charge is 0.214 e. The van der Waals surface area contributed by atoms with Crippen LogP contribution in [-0.4, -0.2) is 19.0 Å². The van der Waals surface area contributed by atoms with Crippen LogP contribution in [0.4, 0.5) is 0 Å². The highest BCUT2D eigenvalue weighted by molar-refractivity contribution is 5.48. The minimum atomic E-state index is -0.356. The lowest BCUT2D eigenvalue weighted by Crippen LogP contribution is -2.41. The van der Waals surface area contributed by atoms with E-state index in [9.17, 15) is 0 Å². The molecule has 86 valence electrons. The van der Waals surface area contributed by atoms with Gasteiger partial charge in [-0.05, 0) is 30.9 Å². The molecule has 0 atom stereocenters. The van der Waals surface area contributed by atoms with Gasteiger partial charge < -0.3 is 9.47 Å². The summed E-state index contributed by atoms with van der Waals surface area (Å²) in [5.41, 5.74) is 2.90. The van der Waals surface area contributed by atoms with Gasteiger partial charge in [0.25, 0.3) is 0 Å². The Bertz CT molecular complexity index is 279. The van der Waals surface area contributed by atoms with Gasteiger partial charge >= 0.3 is 0 Å². The molecule has 2 rings (SSSR count). The Hall–Kier alpha value is -0.340. The van der Waals surface area contributed by atoms with Crippen molar-refractivity contribution in [2.24, 2.45) is 5.41 Å². The first kappa shape index (κ1) is 11.2. The molecular weight excluding hydrogens is 188 g/mol. The molecule has 0 aromatic heterocycles. The first-order chi connectivity index (χ1) is 7.02. The summed E-state index contributed by atoms with van der Waals surface area (Å²) in [5.74, 6) is -0.356. The second kappa shape index (κ2) is 3.60. The minimum absolute atomic E-state index is 0.171. The first-order valence-electron chi connectivity index (χ1n) is 6.00. The third-order valence-corrected chi connectivity index (χ3v) is 3.39. The van der Waals surface area contributed by atoms with Gasteiger partial charge in [0.05, 0.1) is 13.2 Å². The Morgan fingerprint density at radius 1 is 1.20 bits per heavy atom. The second-order valence-corrected chi connectivity index (χ2v) is 5.57. The van der Waals surface area contributed by atoms with Gasteiger partial charge in [-0.25, -0.2) is 0 Å². The third kappa shape index (κ3) is 1.85. The van der Waals surface area contributed by atoms with Crippen LogP contribution >= 0.6 is 0 Å². The van der Waals surface area contributed by atoms with Gasteiger partial charge in [-0.3, -0.25) is 0 Å². The summed E-state index contributed by atoms with van der Waals surface area (Å²) in [6.07, 6.45) is 3.62. The fraction of sp³-hybridized carbons (Fsp3) is 0.846. The van der Waals surface area contributed by atoms with Crippen molar-refractivity contribution in [1.82, 2.24) is 0 Å². The Morgan fingerprint density at radius 3 is 2.33 bits per heavy atom. The standard InChI is InChI=1S/C13H22O2/c1-5-6-7-11-10(2)13(11)14-8-12(3,4)9-15-13/h5-9H2,1-4H3. The van der Waals surface area contributed by atoms with Crippen molar-refractivity contribution < 1.29 is 9.47 Å². The predicted octanol–water partition coefficient (Wildman–Crippen LogP) is 3.28. The summed E-state index contributed by atoms with van der Waals surface area (Å²) in [6, 6.07) is 0. The largest absolute Gasteiger partial charge is 0.342 e. The highest BCUT2D eigenvalue weighted by Gasteiger charge is 2.56. The predicted molar refractivity (Wildman–Crippen MR) is 60.6 cm³/mol. The van der Waals surface area contributed by atoms with Crippen molar-refractivity contribution >= 4 is 0 Å². The molecule has 1 aliphatic carbocycles. The molecule has 0 saturated carbocycles. The van der Waals surface area contributed by atoms with Crippen LogP contribution in [0.1, 0.15) is 47.0 Å². The Morgan fingerprint density at radius 2 is 1.80 bits per heavy atom. The average Bonchev–Trinajstić information content (AvgIpc) is 2.74.